The first-order valence-electron chi connectivity index (χ1n) is 8.41. The number of carbonyl (C=O) groups is 2. The molecule has 0 saturated carbocycles. The Labute approximate surface area is 157 Å². The molecular formula is C21H20N2O4. The molecule has 3 rings (SSSR count). The fourth-order valence-corrected chi connectivity index (χ4v) is 2.65. The molecular weight excluding hydrogens is 344 g/mol. The second-order valence-electron chi connectivity index (χ2n) is 5.87. The molecule has 2 amide bonds. The van der Waals surface area contributed by atoms with E-state index >= 15 is 0 Å². The summed E-state index contributed by atoms with van der Waals surface area (Å²) in [6.07, 6.45) is 0. The molecule has 0 fully saturated rings. The van der Waals surface area contributed by atoms with Crippen LogP contribution in [-0.4, -0.2) is 32.6 Å². The molecule has 0 heterocycles. The number of ether oxygens (including phenoxy) is 2. The maximum atomic E-state index is 12.1. The van der Waals surface area contributed by atoms with E-state index in [0.717, 1.165) is 16.5 Å². The Kier molecular flexibility index (Phi) is 5.56. The summed E-state index contributed by atoms with van der Waals surface area (Å²) in [7, 11) is 3.17. The molecule has 27 heavy (non-hydrogen) atoms. The maximum absolute atomic E-state index is 12.1. The van der Waals surface area contributed by atoms with Gasteiger partial charge in [-0.1, -0.05) is 18.2 Å². The van der Waals surface area contributed by atoms with Gasteiger partial charge < -0.3 is 20.1 Å². The van der Waals surface area contributed by atoms with Crippen molar-refractivity contribution in [3.8, 4) is 11.5 Å². The lowest BCUT2D eigenvalue weighted by Crippen LogP contribution is -2.21. The summed E-state index contributed by atoms with van der Waals surface area (Å²) in [6, 6.07) is 18.1. The van der Waals surface area contributed by atoms with E-state index in [1.807, 2.05) is 36.4 Å². The molecule has 0 radical (unpaired) electrons. The fourth-order valence-electron chi connectivity index (χ4n) is 2.65. The Hall–Kier alpha value is -3.54. The number of nitrogens with one attached hydrogen (secondary N) is 2. The molecule has 3 aromatic carbocycles. The van der Waals surface area contributed by atoms with Crippen LogP contribution in [0.1, 0.15) is 10.4 Å². The normalized spacial score (nSPS) is 10.3. The van der Waals surface area contributed by atoms with Crippen molar-refractivity contribution in [1.82, 2.24) is 5.32 Å². The van der Waals surface area contributed by atoms with Crippen molar-refractivity contribution in [3.63, 3.8) is 0 Å². The number of hydrogen-bond donors (Lipinski definition) is 2. The molecule has 138 valence electrons. The third-order valence-corrected chi connectivity index (χ3v) is 4.02. The molecule has 0 aliphatic carbocycles. The van der Waals surface area contributed by atoms with Gasteiger partial charge in [-0.3, -0.25) is 9.59 Å². The second kappa shape index (κ2) is 8.23. The van der Waals surface area contributed by atoms with Crippen LogP contribution in [0.5, 0.6) is 11.5 Å². The molecule has 0 bridgehead atoms. The van der Waals surface area contributed by atoms with Gasteiger partial charge in [-0.15, -0.1) is 0 Å². The summed E-state index contributed by atoms with van der Waals surface area (Å²) < 4.78 is 10.8. The highest BCUT2D eigenvalue weighted by Crippen LogP contribution is 2.25. The molecule has 0 aliphatic heterocycles. The standard InChI is InChI=1S/C21H20N2O4/c1-22-21(25)15-4-3-5-17(10-15)23-20(24)13-27-19-9-7-14-6-8-18(26-2)11-16(14)12-19/h3-12H,13H2,1-2H3,(H,22,25)(H,23,24). The molecule has 0 aromatic heterocycles. The highest BCUT2D eigenvalue weighted by molar-refractivity contribution is 5.97. The van der Waals surface area contributed by atoms with Crippen LogP contribution in [0.4, 0.5) is 5.69 Å². The van der Waals surface area contributed by atoms with Crippen molar-refractivity contribution in [3.05, 3.63) is 66.2 Å². The highest BCUT2D eigenvalue weighted by atomic mass is 16.5. The van der Waals surface area contributed by atoms with E-state index < -0.39 is 0 Å². The van der Waals surface area contributed by atoms with E-state index in [4.69, 9.17) is 9.47 Å². The minimum atomic E-state index is -0.310. The molecule has 0 unspecified atom stereocenters. The van der Waals surface area contributed by atoms with Gasteiger partial charge >= 0.3 is 0 Å². The summed E-state index contributed by atoms with van der Waals surface area (Å²) in [5, 5.41) is 7.29. The highest BCUT2D eigenvalue weighted by Gasteiger charge is 2.08. The monoisotopic (exact) mass is 364 g/mol. The Morgan fingerprint density at radius 2 is 1.67 bits per heavy atom. The summed E-state index contributed by atoms with van der Waals surface area (Å²) in [5.41, 5.74) is 1.01. The molecule has 6 nitrogen and oxygen atoms in total. The van der Waals surface area contributed by atoms with Gasteiger partial charge in [0.05, 0.1) is 7.11 Å². The van der Waals surface area contributed by atoms with Gasteiger partial charge in [-0.2, -0.15) is 0 Å². The number of anilines is 1. The van der Waals surface area contributed by atoms with E-state index in [9.17, 15) is 9.59 Å². The molecule has 2 N–H and O–H groups in total. The molecule has 0 atom stereocenters. The van der Waals surface area contributed by atoms with Gasteiger partial charge in [-0.05, 0) is 53.2 Å². The number of rotatable bonds is 6. The van der Waals surface area contributed by atoms with Gasteiger partial charge in [0.2, 0.25) is 0 Å². The van der Waals surface area contributed by atoms with E-state index in [0.29, 0.717) is 17.0 Å². The third kappa shape index (κ3) is 4.55. The maximum Gasteiger partial charge on any atom is 0.262 e. The van der Waals surface area contributed by atoms with Crippen molar-refractivity contribution in [2.24, 2.45) is 0 Å². The first-order chi connectivity index (χ1) is 13.1. The first-order valence-corrected chi connectivity index (χ1v) is 8.41. The second-order valence-corrected chi connectivity index (χ2v) is 5.87. The summed E-state index contributed by atoms with van der Waals surface area (Å²) >= 11 is 0. The van der Waals surface area contributed by atoms with Gasteiger partial charge in [-0.25, -0.2) is 0 Å². The predicted octanol–water partition coefficient (Wildman–Crippen LogP) is 3.23. The lowest BCUT2D eigenvalue weighted by molar-refractivity contribution is -0.118. The number of fused-ring (bicyclic) bond motifs is 1. The number of methoxy groups -OCH3 is 1. The number of hydrogen-bond acceptors (Lipinski definition) is 4. The molecule has 0 saturated heterocycles. The van der Waals surface area contributed by atoms with Crippen molar-refractivity contribution in [2.45, 2.75) is 0 Å². The van der Waals surface area contributed by atoms with Crippen LogP contribution in [0.25, 0.3) is 10.8 Å². The van der Waals surface area contributed by atoms with Crippen LogP contribution >= 0.6 is 0 Å². The van der Waals surface area contributed by atoms with Crippen LogP contribution in [0.2, 0.25) is 0 Å². The van der Waals surface area contributed by atoms with Crippen molar-refractivity contribution in [1.29, 1.82) is 0 Å². The first kappa shape index (κ1) is 18.3. The van der Waals surface area contributed by atoms with E-state index in [1.54, 1.807) is 38.4 Å². The van der Waals surface area contributed by atoms with Crippen molar-refractivity contribution in [2.75, 3.05) is 26.1 Å². The van der Waals surface area contributed by atoms with Gasteiger partial charge in [0.25, 0.3) is 11.8 Å². The van der Waals surface area contributed by atoms with Crippen LogP contribution in [0.15, 0.2) is 60.7 Å². The largest absolute Gasteiger partial charge is 0.497 e. The van der Waals surface area contributed by atoms with Gasteiger partial charge in [0, 0.05) is 18.3 Å². The fraction of sp³-hybridized carbons (Fsp3) is 0.143. The average molecular weight is 364 g/mol. The minimum Gasteiger partial charge on any atom is -0.497 e. The zero-order valence-corrected chi connectivity index (χ0v) is 15.1. The topological polar surface area (TPSA) is 76.7 Å². The number of amides is 2. The zero-order valence-electron chi connectivity index (χ0n) is 15.1. The number of benzene rings is 3. The van der Waals surface area contributed by atoms with Crippen molar-refractivity contribution < 1.29 is 19.1 Å². The Balaban J connectivity index is 1.63. The molecule has 6 heteroatoms. The van der Waals surface area contributed by atoms with E-state index in [-0.39, 0.29) is 18.4 Å². The summed E-state index contributed by atoms with van der Waals surface area (Å²) in [6.45, 7) is -0.139. The van der Waals surface area contributed by atoms with Gasteiger partial charge in [0.1, 0.15) is 11.5 Å². The third-order valence-electron chi connectivity index (χ3n) is 4.02. The van der Waals surface area contributed by atoms with Crippen LogP contribution in [0.3, 0.4) is 0 Å². The van der Waals surface area contributed by atoms with E-state index in [2.05, 4.69) is 10.6 Å². The number of carbonyl (C=O) groups excluding carboxylic acids is 2. The minimum absolute atomic E-state index is 0.139. The zero-order chi connectivity index (χ0) is 19.2. The van der Waals surface area contributed by atoms with Crippen molar-refractivity contribution >= 4 is 28.3 Å². The van der Waals surface area contributed by atoms with Crippen LogP contribution < -0.4 is 20.1 Å². The van der Waals surface area contributed by atoms with Crippen LogP contribution in [0, 0.1) is 0 Å². The predicted molar refractivity (Wildman–Crippen MR) is 104 cm³/mol. The average Bonchev–Trinajstić information content (AvgIpc) is 2.71. The quantitative estimate of drug-likeness (QED) is 0.704. The Bertz CT molecular complexity index is 985. The molecule has 0 spiro atoms. The van der Waals surface area contributed by atoms with Gasteiger partial charge in [0.15, 0.2) is 6.61 Å². The van der Waals surface area contributed by atoms with Crippen LogP contribution in [-0.2, 0) is 4.79 Å². The molecule has 0 aliphatic rings. The lowest BCUT2D eigenvalue weighted by atomic mass is 10.1. The lowest BCUT2D eigenvalue weighted by Gasteiger charge is -2.10. The summed E-state index contributed by atoms with van der Waals surface area (Å²) in [4.78, 5) is 23.8. The Morgan fingerprint density at radius 3 is 2.41 bits per heavy atom. The Morgan fingerprint density at radius 1 is 0.926 bits per heavy atom. The SMILES string of the molecule is CNC(=O)c1cccc(NC(=O)COc2ccc3ccc(OC)cc3c2)c1. The van der Waals surface area contributed by atoms with E-state index in [1.165, 1.54) is 0 Å². The smallest absolute Gasteiger partial charge is 0.262 e. The molecule has 3 aromatic rings. The summed E-state index contributed by atoms with van der Waals surface area (Å²) in [5.74, 6) is 0.821.